The molecule has 0 unspecified atom stereocenters. The summed E-state index contributed by atoms with van der Waals surface area (Å²) in [6.45, 7) is 0. The summed E-state index contributed by atoms with van der Waals surface area (Å²) < 4.78 is 11.1. The molecule has 0 aliphatic carbocycles. The Morgan fingerprint density at radius 1 is 0.436 bits per heavy atom. The molecular weight excluding hydrogens is 693 g/mol. The molecule has 8 aromatic carbocycles. The first kappa shape index (κ1) is 30.3. The van der Waals surface area contributed by atoms with Gasteiger partial charge in [-0.2, -0.15) is 9.97 Å². The van der Waals surface area contributed by atoms with Crippen LogP contribution in [0.3, 0.4) is 0 Å². The van der Waals surface area contributed by atoms with Gasteiger partial charge in [-0.25, -0.2) is 4.98 Å². The molecule has 0 bridgehead atoms. The summed E-state index contributed by atoms with van der Waals surface area (Å²) in [7, 11) is 0. The quantitative estimate of drug-likeness (QED) is 0.182. The Morgan fingerprint density at radius 3 is 2.05 bits per heavy atom. The topological polar surface area (TPSA) is 56.7 Å². The number of thiophene rings is 1. The van der Waals surface area contributed by atoms with E-state index in [0.29, 0.717) is 17.6 Å². The molecule has 0 spiro atoms. The molecule has 0 radical (unpaired) electrons. The van der Waals surface area contributed by atoms with Gasteiger partial charge in [0, 0.05) is 58.4 Å². The standard InChI is InChI=1S/C49H28N4OS/c1-2-12-30(13-3-1)47-50-48(32-21-24-36-35-15-6-8-19-41(35)54-42(36)28-32)52-49(51-47)53-40-25-22-29-11-4-5-14-33(29)45(40)38-18-10-17-34(46(38)53)31-23-26-44-39(27-31)37-16-7-9-20-43(37)55-44/h1-28H. The number of benzene rings is 8. The van der Waals surface area contributed by atoms with Crippen LogP contribution in [0.25, 0.3) is 115 Å². The second-order valence-corrected chi connectivity index (χ2v) is 15.1. The third-order valence-corrected chi connectivity index (χ3v) is 12.0. The lowest BCUT2D eigenvalue weighted by Gasteiger charge is -2.13. The SMILES string of the molecule is c1ccc(-c2nc(-c3ccc4c(c3)oc3ccccc34)nc(-n3c4ccc5ccccc5c4c4cccc(-c5ccc6sc7ccccc7c6c5)c43)n2)cc1. The van der Waals surface area contributed by atoms with Crippen LogP contribution in [0.15, 0.2) is 174 Å². The van der Waals surface area contributed by atoms with E-state index < -0.39 is 0 Å². The minimum Gasteiger partial charge on any atom is -0.456 e. The minimum atomic E-state index is 0.554. The molecule has 5 nitrogen and oxygen atoms in total. The van der Waals surface area contributed by atoms with Gasteiger partial charge in [-0.3, -0.25) is 4.57 Å². The number of rotatable bonds is 4. The number of para-hydroxylation sites is 2. The second-order valence-electron chi connectivity index (χ2n) is 14.0. The van der Waals surface area contributed by atoms with Crippen LogP contribution >= 0.6 is 11.3 Å². The summed E-state index contributed by atoms with van der Waals surface area (Å²) in [5, 5.41) is 9.38. The number of hydrogen-bond acceptors (Lipinski definition) is 5. The highest BCUT2D eigenvalue weighted by Gasteiger charge is 2.22. The number of hydrogen-bond donors (Lipinski definition) is 0. The molecule has 0 aliphatic rings. The van der Waals surface area contributed by atoms with E-state index in [1.807, 2.05) is 47.7 Å². The van der Waals surface area contributed by atoms with Gasteiger partial charge in [0.15, 0.2) is 11.6 Å². The number of fused-ring (bicyclic) bond motifs is 11. The van der Waals surface area contributed by atoms with E-state index in [9.17, 15) is 0 Å². The summed E-state index contributed by atoms with van der Waals surface area (Å²) in [5.74, 6) is 1.73. The van der Waals surface area contributed by atoms with Crippen molar-refractivity contribution in [2.45, 2.75) is 0 Å². The molecule has 12 rings (SSSR count). The highest BCUT2D eigenvalue weighted by Crippen LogP contribution is 2.43. The molecule has 0 aliphatic heterocycles. The first-order valence-corrected chi connectivity index (χ1v) is 19.2. The van der Waals surface area contributed by atoms with Crippen LogP contribution in [0.4, 0.5) is 0 Å². The molecule has 0 amide bonds. The average molecular weight is 721 g/mol. The molecule has 12 aromatic rings. The maximum Gasteiger partial charge on any atom is 0.238 e. The Balaban J connectivity index is 1.18. The van der Waals surface area contributed by atoms with E-state index in [4.69, 9.17) is 19.4 Å². The maximum atomic E-state index is 6.33. The highest BCUT2D eigenvalue weighted by atomic mass is 32.1. The molecule has 256 valence electrons. The first-order chi connectivity index (χ1) is 27.2. The molecule has 0 atom stereocenters. The monoisotopic (exact) mass is 720 g/mol. The Bertz CT molecular complexity index is 3500. The van der Waals surface area contributed by atoms with E-state index in [0.717, 1.165) is 60.6 Å². The van der Waals surface area contributed by atoms with E-state index in [-0.39, 0.29) is 0 Å². The zero-order valence-electron chi connectivity index (χ0n) is 29.3. The Kier molecular flexibility index (Phi) is 6.44. The lowest BCUT2D eigenvalue weighted by molar-refractivity contribution is 0.669. The largest absolute Gasteiger partial charge is 0.456 e. The predicted octanol–water partition coefficient (Wildman–Crippen LogP) is 13.4. The van der Waals surface area contributed by atoms with Crippen LogP contribution in [-0.4, -0.2) is 19.5 Å². The van der Waals surface area contributed by atoms with Crippen LogP contribution in [0.1, 0.15) is 0 Å². The molecule has 0 saturated carbocycles. The van der Waals surface area contributed by atoms with Gasteiger partial charge >= 0.3 is 0 Å². The molecule has 6 heteroatoms. The normalized spacial score (nSPS) is 12.0. The molecule has 4 aromatic heterocycles. The van der Waals surface area contributed by atoms with Crippen LogP contribution < -0.4 is 0 Å². The van der Waals surface area contributed by atoms with Crippen molar-refractivity contribution in [2.24, 2.45) is 0 Å². The molecule has 4 heterocycles. The summed E-state index contributed by atoms with van der Waals surface area (Å²) in [4.78, 5) is 15.7. The van der Waals surface area contributed by atoms with Crippen LogP contribution in [0.5, 0.6) is 0 Å². The van der Waals surface area contributed by atoms with Gasteiger partial charge in [0.25, 0.3) is 0 Å². The van der Waals surface area contributed by atoms with Crippen molar-refractivity contribution < 1.29 is 4.42 Å². The van der Waals surface area contributed by atoms with Crippen molar-refractivity contribution in [3.63, 3.8) is 0 Å². The zero-order valence-corrected chi connectivity index (χ0v) is 30.1. The first-order valence-electron chi connectivity index (χ1n) is 18.4. The van der Waals surface area contributed by atoms with Gasteiger partial charge in [0.05, 0.1) is 11.0 Å². The van der Waals surface area contributed by atoms with E-state index >= 15 is 0 Å². The third kappa shape index (κ3) is 4.62. The number of aromatic nitrogens is 4. The molecule has 0 fully saturated rings. The van der Waals surface area contributed by atoms with Gasteiger partial charge in [-0.15, -0.1) is 11.3 Å². The predicted molar refractivity (Wildman–Crippen MR) is 228 cm³/mol. The molecule has 0 saturated heterocycles. The molecule has 0 N–H and O–H groups in total. The van der Waals surface area contributed by atoms with Crippen LogP contribution in [-0.2, 0) is 0 Å². The van der Waals surface area contributed by atoms with E-state index in [1.165, 1.54) is 36.3 Å². The van der Waals surface area contributed by atoms with Gasteiger partial charge in [-0.05, 0) is 58.8 Å². The van der Waals surface area contributed by atoms with Gasteiger partial charge in [0.2, 0.25) is 5.95 Å². The third-order valence-electron chi connectivity index (χ3n) is 10.9. The fraction of sp³-hybridized carbons (Fsp3) is 0. The maximum absolute atomic E-state index is 6.33. The number of furan rings is 1. The summed E-state index contributed by atoms with van der Waals surface area (Å²) >= 11 is 1.84. The van der Waals surface area contributed by atoms with Gasteiger partial charge in [-0.1, -0.05) is 127 Å². The average Bonchev–Trinajstić information content (AvgIpc) is 3.93. The van der Waals surface area contributed by atoms with Crippen LogP contribution in [0.2, 0.25) is 0 Å². The van der Waals surface area contributed by atoms with Gasteiger partial charge < -0.3 is 4.42 Å². The number of nitrogens with zero attached hydrogens (tertiary/aromatic N) is 4. The van der Waals surface area contributed by atoms with E-state index in [1.54, 1.807) is 0 Å². The van der Waals surface area contributed by atoms with E-state index in [2.05, 4.69) is 138 Å². The molecule has 55 heavy (non-hydrogen) atoms. The lowest BCUT2D eigenvalue weighted by Crippen LogP contribution is -2.07. The Morgan fingerprint density at radius 2 is 1.15 bits per heavy atom. The van der Waals surface area contributed by atoms with Crippen molar-refractivity contribution in [1.29, 1.82) is 0 Å². The lowest BCUT2D eigenvalue weighted by atomic mass is 9.98. The van der Waals surface area contributed by atoms with Crippen molar-refractivity contribution in [1.82, 2.24) is 19.5 Å². The van der Waals surface area contributed by atoms with Crippen LogP contribution in [0, 0.1) is 0 Å². The summed E-state index contributed by atoms with van der Waals surface area (Å²) in [6.07, 6.45) is 0. The van der Waals surface area contributed by atoms with Gasteiger partial charge in [0.1, 0.15) is 11.2 Å². The zero-order chi connectivity index (χ0) is 36.0. The minimum absolute atomic E-state index is 0.554. The Labute approximate surface area is 318 Å². The highest BCUT2D eigenvalue weighted by molar-refractivity contribution is 7.25. The smallest absolute Gasteiger partial charge is 0.238 e. The fourth-order valence-corrected chi connectivity index (χ4v) is 9.43. The van der Waals surface area contributed by atoms with Crippen molar-refractivity contribution in [3.05, 3.63) is 170 Å². The Hall–Kier alpha value is -7.15. The van der Waals surface area contributed by atoms with Crippen molar-refractivity contribution in [3.8, 4) is 39.9 Å². The van der Waals surface area contributed by atoms with Crippen molar-refractivity contribution >= 4 is 86.0 Å². The van der Waals surface area contributed by atoms with Crippen molar-refractivity contribution in [2.75, 3.05) is 0 Å². The summed E-state index contributed by atoms with van der Waals surface area (Å²) in [6, 6.07) is 59.7. The fourth-order valence-electron chi connectivity index (χ4n) is 8.35. The second kappa shape index (κ2) is 11.7. The molecular formula is C49H28N4OS. The summed E-state index contributed by atoms with van der Waals surface area (Å²) in [5.41, 5.74) is 7.76.